The highest BCUT2D eigenvalue weighted by atomic mass is 16.2. The highest BCUT2D eigenvalue weighted by Crippen LogP contribution is 2.26. The monoisotopic (exact) mass is 342 g/mol. The van der Waals surface area contributed by atoms with Crippen LogP contribution in [0.2, 0.25) is 0 Å². The van der Waals surface area contributed by atoms with Gasteiger partial charge in [-0.2, -0.15) is 5.11 Å². The largest absolute Gasteiger partial charge is 0.345 e. The zero-order chi connectivity index (χ0) is 17.6. The van der Waals surface area contributed by atoms with Crippen molar-refractivity contribution in [2.75, 3.05) is 6.54 Å². The summed E-state index contributed by atoms with van der Waals surface area (Å²) in [5.74, 6) is -1.66. The van der Waals surface area contributed by atoms with Crippen molar-refractivity contribution in [1.82, 2.24) is 10.6 Å². The van der Waals surface area contributed by atoms with Gasteiger partial charge in [0.25, 0.3) is 5.91 Å². The van der Waals surface area contributed by atoms with Crippen LogP contribution in [-0.2, 0) is 9.59 Å². The molecule has 1 unspecified atom stereocenters. The molecular weight excluding hydrogens is 320 g/mol. The van der Waals surface area contributed by atoms with Crippen LogP contribution in [0.5, 0.6) is 0 Å². The molecule has 1 aromatic rings. The van der Waals surface area contributed by atoms with Gasteiger partial charge in [0.1, 0.15) is 6.04 Å². The maximum atomic E-state index is 12.1. The number of azo groups is 1. The summed E-state index contributed by atoms with van der Waals surface area (Å²) >= 11 is 0. The van der Waals surface area contributed by atoms with Crippen LogP contribution in [0.3, 0.4) is 0 Å². The molecule has 0 spiro atoms. The predicted molar refractivity (Wildman–Crippen MR) is 91.0 cm³/mol. The number of nitrogens with one attached hydrogen (secondary N) is 2. The van der Waals surface area contributed by atoms with Crippen molar-refractivity contribution in [2.45, 2.75) is 50.6 Å². The van der Waals surface area contributed by atoms with E-state index in [2.05, 4.69) is 20.9 Å². The third-order valence-electron chi connectivity index (χ3n) is 4.69. The molecule has 1 fully saturated rings. The van der Waals surface area contributed by atoms with E-state index in [4.69, 9.17) is 0 Å². The van der Waals surface area contributed by atoms with E-state index in [9.17, 15) is 14.4 Å². The molecule has 1 aliphatic carbocycles. The second kappa shape index (κ2) is 8.00. The summed E-state index contributed by atoms with van der Waals surface area (Å²) < 4.78 is 0. The van der Waals surface area contributed by atoms with Crippen LogP contribution in [0.25, 0.3) is 0 Å². The van der Waals surface area contributed by atoms with Crippen LogP contribution in [0.1, 0.15) is 60.5 Å². The molecule has 3 rings (SSSR count). The molecule has 132 valence electrons. The average Bonchev–Trinajstić information content (AvgIpc) is 2.90. The van der Waals surface area contributed by atoms with Gasteiger partial charge in [0.2, 0.25) is 0 Å². The van der Waals surface area contributed by atoms with Crippen LogP contribution in [0, 0.1) is 0 Å². The quantitative estimate of drug-likeness (QED) is 0.651. The highest BCUT2D eigenvalue weighted by molar-refractivity contribution is 6.35. The number of fused-ring (bicyclic) bond motifs is 1. The van der Waals surface area contributed by atoms with E-state index < -0.39 is 17.9 Å². The van der Waals surface area contributed by atoms with Crippen molar-refractivity contribution in [2.24, 2.45) is 10.2 Å². The molecule has 1 saturated carbocycles. The Balaban J connectivity index is 1.54. The molecule has 0 aromatic heterocycles. The lowest BCUT2D eigenvalue weighted by atomic mass is 9.99. The minimum atomic E-state index is -0.672. The minimum Gasteiger partial charge on any atom is -0.345 e. The van der Waals surface area contributed by atoms with Gasteiger partial charge < -0.3 is 10.6 Å². The Bertz CT molecular complexity index is 693. The van der Waals surface area contributed by atoms with Gasteiger partial charge in [-0.1, -0.05) is 43.9 Å². The van der Waals surface area contributed by atoms with Gasteiger partial charge in [-0.25, -0.2) is 0 Å². The first-order valence-corrected chi connectivity index (χ1v) is 8.78. The molecule has 2 aliphatic rings. The fraction of sp³-hybridized carbons (Fsp3) is 0.500. The minimum absolute atomic E-state index is 0.0773. The fourth-order valence-corrected chi connectivity index (χ4v) is 3.32. The van der Waals surface area contributed by atoms with Crippen LogP contribution in [-0.4, -0.2) is 30.3 Å². The lowest BCUT2D eigenvalue weighted by Gasteiger charge is -2.19. The zero-order valence-corrected chi connectivity index (χ0v) is 14.0. The lowest BCUT2D eigenvalue weighted by molar-refractivity contribution is -0.139. The molecule has 0 bridgehead atoms. The fourth-order valence-electron chi connectivity index (χ4n) is 3.32. The Labute approximate surface area is 146 Å². The third-order valence-corrected chi connectivity index (χ3v) is 4.69. The first-order chi connectivity index (χ1) is 12.1. The number of rotatable bonds is 3. The molecule has 3 amide bonds. The molecule has 0 radical (unpaired) electrons. The molecule has 1 heterocycles. The Kier molecular flexibility index (Phi) is 5.53. The summed E-state index contributed by atoms with van der Waals surface area (Å²) in [5.41, 5.74) is 1.20. The van der Waals surface area contributed by atoms with Crippen molar-refractivity contribution in [1.29, 1.82) is 0 Å². The van der Waals surface area contributed by atoms with Gasteiger partial charge in [-0.3, -0.25) is 14.4 Å². The summed E-state index contributed by atoms with van der Waals surface area (Å²) in [6, 6.07) is 6.66. The van der Waals surface area contributed by atoms with Gasteiger partial charge in [0, 0.05) is 18.2 Å². The third kappa shape index (κ3) is 4.29. The van der Waals surface area contributed by atoms with E-state index in [1.54, 1.807) is 24.3 Å². The number of hydrogen-bond acceptors (Lipinski definition) is 4. The second-order valence-electron chi connectivity index (χ2n) is 6.50. The second-order valence-corrected chi connectivity index (χ2v) is 6.50. The number of carbonyl (C=O) groups excluding carboxylic acids is 3. The van der Waals surface area contributed by atoms with Crippen LogP contribution < -0.4 is 10.6 Å². The molecule has 1 aliphatic heterocycles. The summed E-state index contributed by atoms with van der Waals surface area (Å²) in [6.07, 6.45) is 6.38. The van der Waals surface area contributed by atoms with Gasteiger partial charge in [0.05, 0.1) is 0 Å². The standard InChI is InChI=1S/C18H22N4O3/c23-16-14-10-6-5-9-13(14)15(21-22-16)11-19-17(24)18(25)20-12-7-3-1-2-4-8-12/h5-6,9-10,12,15H,1-4,7-8,11H2,(H,19,24)(H,20,25). The van der Waals surface area contributed by atoms with Gasteiger partial charge >= 0.3 is 11.8 Å². The number of benzene rings is 1. The Morgan fingerprint density at radius 2 is 1.76 bits per heavy atom. The molecule has 1 atom stereocenters. The topological polar surface area (TPSA) is 100.0 Å². The number of amides is 3. The Morgan fingerprint density at radius 1 is 1.04 bits per heavy atom. The van der Waals surface area contributed by atoms with Crippen molar-refractivity contribution in [3.63, 3.8) is 0 Å². The lowest BCUT2D eigenvalue weighted by Crippen LogP contribution is -2.45. The number of carbonyl (C=O) groups is 3. The summed E-state index contributed by atoms with van der Waals surface area (Å²) in [7, 11) is 0. The molecular formula is C18H22N4O3. The smallest absolute Gasteiger partial charge is 0.309 e. The first kappa shape index (κ1) is 17.3. The van der Waals surface area contributed by atoms with E-state index in [1.807, 2.05) is 0 Å². The molecule has 25 heavy (non-hydrogen) atoms. The summed E-state index contributed by atoms with van der Waals surface area (Å²) in [6.45, 7) is 0.130. The number of hydrogen-bond donors (Lipinski definition) is 2. The van der Waals surface area contributed by atoms with Crippen molar-refractivity contribution >= 4 is 17.7 Å². The molecule has 7 nitrogen and oxygen atoms in total. The molecule has 1 aromatic carbocycles. The maximum Gasteiger partial charge on any atom is 0.309 e. The van der Waals surface area contributed by atoms with E-state index in [0.29, 0.717) is 11.1 Å². The SMILES string of the molecule is O=C(NCC1N=NC(=O)c2ccccc21)C(=O)NC1CCCCCC1. The van der Waals surface area contributed by atoms with Crippen molar-refractivity contribution < 1.29 is 14.4 Å². The normalized spacial score (nSPS) is 20.5. The maximum absolute atomic E-state index is 12.1. The predicted octanol–water partition coefficient (Wildman–Crippen LogP) is 2.29. The average molecular weight is 342 g/mol. The Morgan fingerprint density at radius 3 is 2.52 bits per heavy atom. The van der Waals surface area contributed by atoms with Crippen molar-refractivity contribution in [3.05, 3.63) is 35.4 Å². The van der Waals surface area contributed by atoms with Crippen LogP contribution >= 0.6 is 0 Å². The van der Waals surface area contributed by atoms with Crippen molar-refractivity contribution in [3.8, 4) is 0 Å². The zero-order valence-electron chi connectivity index (χ0n) is 14.0. The summed E-state index contributed by atoms with van der Waals surface area (Å²) in [5, 5.41) is 13.0. The number of nitrogens with zero attached hydrogens (tertiary/aromatic N) is 2. The van der Waals surface area contributed by atoms with Gasteiger partial charge in [0.15, 0.2) is 0 Å². The van der Waals surface area contributed by atoms with Gasteiger partial charge in [-0.05, 0) is 24.5 Å². The molecule has 7 heteroatoms. The van der Waals surface area contributed by atoms with E-state index in [0.717, 1.165) is 25.7 Å². The van der Waals surface area contributed by atoms with E-state index in [1.165, 1.54) is 12.8 Å². The summed E-state index contributed by atoms with van der Waals surface area (Å²) in [4.78, 5) is 35.8. The molecule has 2 N–H and O–H groups in total. The van der Waals surface area contributed by atoms with E-state index in [-0.39, 0.29) is 18.5 Å². The molecule has 0 saturated heterocycles. The highest BCUT2D eigenvalue weighted by Gasteiger charge is 2.25. The van der Waals surface area contributed by atoms with E-state index >= 15 is 0 Å². The van der Waals surface area contributed by atoms with Gasteiger partial charge in [-0.15, -0.1) is 5.11 Å². The van der Waals surface area contributed by atoms with Crippen LogP contribution in [0.4, 0.5) is 0 Å². The first-order valence-electron chi connectivity index (χ1n) is 8.78. The Hall–Kier alpha value is -2.57. The van der Waals surface area contributed by atoms with Crippen LogP contribution in [0.15, 0.2) is 34.5 Å².